The van der Waals surface area contributed by atoms with Crippen molar-refractivity contribution in [2.24, 2.45) is 16.6 Å². The Morgan fingerprint density at radius 2 is 1.76 bits per heavy atom. The minimum Gasteiger partial charge on any atom is -0.397 e. The topological polar surface area (TPSA) is 124 Å². The first-order valence-corrected chi connectivity index (χ1v) is 15.6. The first-order valence-electron chi connectivity index (χ1n) is 15.2. The summed E-state index contributed by atoms with van der Waals surface area (Å²) >= 11 is 6.33. The molecule has 2 atom stereocenters. The minimum absolute atomic E-state index is 0.00722. The van der Waals surface area contributed by atoms with Crippen molar-refractivity contribution in [2.45, 2.75) is 57.8 Å². The molecule has 2 aromatic heterocycles. The normalized spacial score (nSPS) is 18.5. The molecule has 0 radical (unpaired) electrons. The number of nitrogens with two attached hydrogens (primary N) is 2. The average Bonchev–Trinajstić information content (AvgIpc) is 3.45. The Hall–Kier alpha value is -4.80. The number of rotatable bonds is 9. The van der Waals surface area contributed by atoms with E-state index in [4.69, 9.17) is 23.1 Å². The number of benzene rings is 2. The maximum absolute atomic E-state index is 15.0. The molecule has 2 heterocycles. The van der Waals surface area contributed by atoms with Gasteiger partial charge in [0.1, 0.15) is 30.4 Å². The highest BCUT2D eigenvalue weighted by atomic mass is 35.5. The summed E-state index contributed by atoms with van der Waals surface area (Å²) in [6.45, 7) is 0.116. The first kappa shape index (κ1) is 37.5. The lowest BCUT2D eigenvalue weighted by Gasteiger charge is -2.23. The van der Waals surface area contributed by atoms with Crippen molar-refractivity contribution in [3.8, 4) is 11.1 Å². The molecule has 272 valence electrons. The fraction of sp³-hybridized carbons (Fsp3) is 0.333. The molecule has 5 rings (SSSR count). The lowest BCUT2D eigenvalue weighted by atomic mass is 9.93. The smallest absolute Gasteiger partial charge is 0.397 e. The monoisotopic (exact) mass is 745 g/mol. The van der Waals surface area contributed by atoms with Crippen LogP contribution in [-0.4, -0.2) is 51.5 Å². The Bertz CT molecular complexity index is 2040. The van der Waals surface area contributed by atoms with Gasteiger partial charge in [-0.3, -0.25) is 19.5 Å². The molecule has 0 bridgehead atoms. The molecular weight excluding hydrogens is 717 g/mol. The third-order valence-corrected chi connectivity index (χ3v) is 8.59. The summed E-state index contributed by atoms with van der Waals surface area (Å²) in [6.07, 6.45) is -8.87. The number of allylic oxidation sites excluding steroid dienone is 2. The quantitative estimate of drug-likeness (QED) is 0.153. The number of halogens is 10. The van der Waals surface area contributed by atoms with Gasteiger partial charge in [0.05, 0.1) is 33.4 Å². The molecule has 1 aliphatic carbocycles. The third-order valence-electron chi connectivity index (χ3n) is 8.28. The van der Waals surface area contributed by atoms with Crippen molar-refractivity contribution in [1.82, 2.24) is 20.1 Å². The molecule has 1 fully saturated rings. The van der Waals surface area contributed by atoms with Crippen molar-refractivity contribution in [3.63, 3.8) is 0 Å². The molecule has 18 heteroatoms. The number of nitrogens with zero attached hydrogens (tertiary/aromatic N) is 4. The van der Waals surface area contributed by atoms with Crippen LogP contribution < -0.4 is 16.8 Å². The van der Waals surface area contributed by atoms with Gasteiger partial charge in [-0.25, -0.2) is 17.6 Å². The first-order chi connectivity index (χ1) is 23.8. The van der Waals surface area contributed by atoms with Crippen LogP contribution in [0.1, 0.15) is 36.3 Å². The van der Waals surface area contributed by atoms with Crippen molar-refractivity contribution in [1.29, 1.82) is 0 Å². The fourth-order valence-electron chi connectivity index (χ4n) is 6.00. The van der Waals surface area contributed by atoms with Gasteiger partial charge in [0.2, 0.25) is 5.91 Å². The predicted octanol–water partition coefficient (Wildman–Crippen LogP) is 7.48. The predicted molar refractivity (Wildman–Crippen MR) is 172 cm³/mol. The number of aromatic nitrogens is 3. The van der Waals surface area contributed by atoms with Crippen molar-refractivity contribution < 1.29 is 44.3 Å². The summed E-state index contributed by atoms with van der Waals surface area (Å²) in [5.74, 6) is -8.40. The van der Waals surface area contributed by atoms with E-state index < -0.39 is 84.5 Å². The highest BCUT2D eigenvalue weighted by Gasteiger charge is 2.51. The lowest BCUT2D eigenvalue weighted by molar-refractivity contribution is -0.141. The molecule has 1 aliphatic rings. The van der Waals surface area contributed by atoms with Crippen molar-refractivity contribution in [2.75, 3.05) is 12.3 Å². The number of aryl methyl sites for hydroxylation is 1. The molecule has 0 spiro atoms. The molecule has 4 aromatic rings. The van der Waals surface area contributed by atoms with Gasteiger partial charge in [0, 0.05) is 34.4 Å². The second kappa shape index (κ2) is 14.1. The Labute approximate surface area is 289 Å². The van der Waals surface area contributed by atoms with Crippen LogP contribution in [-0.2, 0) is 17.8 Å². The number of alkyl halides is 7. The standard InChI is InChI=1S/C33H29ClF9N7O/c1-14-7-21(26(44)30(37)38)29(33(14,42)43)46-12-24(51)48-23(10-16-8-17(35)11-18(36)9-16)27-19(4-3-15(2)47-27)20-5-6-22(34)25-28(20)50(49-31(25)45)13-32(39,40)41/h3-6,8-9,11,14,23,30H,7,10,12-13,44H2,1-2H3,(H2,45,49)(H,48,51)/t14-,23+/m1/s1. The third kappa shape index (κ3) is 7.92. The highest BCUT2D eigenvalue weighted by molar-refractivity contribution is 6.37. The van der Waals surface area contributed by atoms with Crippen LogP contribution in [0.3, 0.4) is 0 Å². The number of pyridine rings is 1. The van der Waals surface area contributed by atoms with E-state index in [1.807, 2.05) is 0 Å². The van der Waals surface area contributed by atoms with Crippen LogP contribution in [0, 0.1) is 24.5 Å². The lowest BCUT2D eigenvalue weighted by Crippen LogP contribution is -2.35. The summed E-state index contributed by atoms with van der Waals surface area (Å²) < 4.78 is 127. The van der Waals surface area contributed by atoms with Gasteiger partial charge in [-0.1, -0.05) is 30.7 Å². The number of hydrogen-bond acceptors (Lipinski definition) is 6. The second-order valence-electron chi connectivity index (χ2n) is 12.1. The zero-order valence-corrected chi connectivity index (χ0v) is 27.5. The van der Waals surface area contributed by atoms with Crippen LogP contribution >= 0.6 is 11.6 Å². The van der Waals surface area contributed by atoms with Gasteiger partial charge in [0.15, 0.2) is 5.82 Å². The molecule has 2 aromatic carbocycles. The van der Waals surface area contributed by atoms with Gasteiger partial charge < -0.3 is 16.8 Å². The minimum atomic E-state index is -4.73. The molecular formula is C33H29ClF9N7O. The number of anilines is 1. The van der Waals surface area contributed by atoms with Gasteiger partial charge in [0.25, 0.3) is 12.3 Å². The average molecular weight is 746 g/mol. The summed E-state index contributed by atoms with van der Waals surface area (Å²) in [5, 5.41) is 6.38. The Balaban J connectivity index is 1.64. The van der Waals surface area contributed by atoms with Gasteiger partial charge in [-0.2, -0.15) is 27.1 Å². The number of carbonyl (C=O) groups excluding carboxylic acids is 1. The van der Waals surface area contributed by atoms with E-state index in [0.717, 1.165) is 19.1 Å². The van der Waals surface area contributed by atoms with E-state index in [1.165, 1.54) is 24.3 Å². The zero-order chi connectivity index (χ0) is 37.6. The molecule has 1 saturated carbocycles. The Kier molecular flexibility index (Phi) is 10.3. The van der Waals surface area contributed by atoms with Crippen LogP contribution in [0.25, 0.3) is 22.0 Å². The van der Waals surface area contributed by atoms with E-state index >= 15 is 8.78 Å². The van der Waals surface area contributed by atoms with Crippen molar-refractivity contribution in [3.05, 3.63) is 87.3 Å². The van der Waals surface area contributed by atoms with E-state index in [1.54, 1.807) is 6.92 Å². The second-order valence-corrected chi connectivity index (χ2v) is 12.5. The van der Waals surface area contributed by atoms with Crippen LogP contribution in [0.4, 0.5) is 45.3 Å². The zero-order valence-electron chi connectivity index (χ0n) is 26.7. The summed E-state index contributed by atoms with van der Waals surface area (Å²) in [6, 6.07) is 6.99. The van der Waals surface area contributed by atoms with Crippen molar-refractivity contribution >= 4 is 39.9 Å². The Morgan fingerprint density at radius 3 is 2.39 bits per heavy atom. The van der Waals surface area contributed by atoms with Gasteiger partial charge in [-0.15, -0.1) is 0 Å². The maximum atomic E-state index is 15.0. The SMILES string of the molecule is Cc1ccc(-c2ccc(Cl)c3c(N)nn(CC(F)(F)F)c23)c([C@H](Cc2cc(F)cc(F)c2)NC(=O)CN=C2C(=C(N)C(F)F)C[C@@H](C)C2(F)F)n1. The number of fused-ring (bicyclic) bond motifs is 1. The van der Waals surface area contributed by atoms with E-state index in [2.05, 4.69) is 20.4 Å². The number of nitrogens with one attached hydrogen (secondary N) is 1. The number of aliphatic imine (C=N–C) groups is 1. The van der Waals surface area contributed by atoms with E-state index in [0.29, 0.717) is 16.4 Å². The van der Waals surface area contributed by atoms with E-state index in [-0.39, 0.29) is 50.5 Å². The number of amides is 1. The summed E-state index contributed by atoms with van der Waals surface area (Å²) in [5.41, 5.74) is 9.08. The largest absolute Gasteiger partial charge is 0.408 e. The summed E-state index contributed by atoms with van der Waals surface area (Å²) in [4.78, 5) is 21.6. The number of nitrogen functional groups attached to an aromatic ring is 1. The highest BCUT2D eigenvalue weighted by Crippen LogP contribution is 2.43. The fourth-order valence-corrected chi connectivity index (χ4v) is 6.25. The van der Waals surface area contributed by atoms with Crippen LogP contribution in [0.15, 0.2) is 58.7 Å². The van der Waals surface area contributed by atoms with Crippen LogP contribution in [0.2, 0.25) is 5.02 Å². The van der Waals surface area contributed by atoms with Gasteiger partial charge in [-0.05, 0) is 49.6 Å². The summed E-state index contributed by atoms with van der Waals surface area (Å²) in [7, 11) is 0. The molecule has 5 N–H and O–H groups in total. The Morgan fingerprint density at radius 1 is 1.12 bits per heavy atom. The van der Waals surface area contributed by atoms with E-state index in [9.17, 15) is 35.5 Å². The molecule has 0 saturated heterocycles. The van der Waals surface area contributed by atoms with Gasteiger partial charge >= 0.3 is 6.18 Å². The molecule has 1 amide bonds. The molecule has 51 heavy (non-hydrogen) atoms. The molecule has 0 aliphatic heterocycles. The number of carbonyl (C=O) groups is 1. The van der Waals surface area contributed by atoms with Crippen LogP contribution in [0.5, 0.6) is 0 Å². The number of hydrogen-bond donors (Lipinski definition) is 3. The maximum Gasteiger partial charge on any atom is 0.408 e. The molecule has 0 unspecified atom stereocenters. The molecule has 8 nitrogen and oxygen atoms in total.